The van der Waals surface area contributed by atoms with Gasteiger partial charge in [-0.15, -0.1) is 0 Å². The number of rotatable bonds is 5. The summed E-state index contributed by atoms with van der Waals surface area (Å²) in [5, 5.41) is 1.18. The van der Waals surface area contributed by atoms with Crippen molar-refractivity contribution in [1.29, 1.82) is 0 Å². The smallest absolute Gasteiger partial charge is 0.250 e. The van der Waals surface area contributed by atoms with E-state index >= 15 is 0 Å². The molecule has 5 nitrogen and oxygen atoms in total. The Morgan fingerprint density at radius 3 is 2.20 bits per heavy atom. The molecule has 0 aromatic heterocycles. The molecule has 2 amide bonds. The lowest BCUT2D eigenvalue weighted by Gasteiger charge is -2.13. The van der Waals surface area contributed by atoms with E-state index in [9.17, 15) is 14.4 Å². The van der Waals surface area contributed by atoms with E-state index in [4.69, 9.17) is 5.73 Å². The lowest BCUT2D eigenvalue weighted by atomic mass is 10.1. The molecule has 0 saturated carbocycles. The Morgan fingerprint density at radius 1 is 1.33 bits per heavy atom. The number of hydrogen-bond acceptors (Lipinski definition) is 4. The van der Waals surface area contributed by atoms with E-state index in [0.717, 1.165) is 11.8 Å². The van der Waals surface area contributed by atoms with Crippen molar-refractivity contribution in [2.45, 2.75) is 32.6 Å². The molecule has 1 atom stereocenters. The van der Waals surface area contributed by atoms with E-state index in [1.165, 1.54) is 6.92 Å². The highest BCUT2D eigenvalue weighted by Gasteiger charge is 2.20. The van der Waals surface area contributed by atoms with Gasteiger partial charge in [0.1, 0.15) is 0 Å². The second-order valence-corrected chi connectivity index (χ2v) is 4.84. The minimum atomic E-state index is -0.964. The minimum Gasteiger partial charge on any atom is -0.367 e. The van der Waals surface area contributed by atoms with Crippen LogP contribution >= 0.6 is 11.8 Å². The quantitative estimate of drug-likeness (QED) is 0.664. The van der Waals surface area contributed by atoms with Gasteiger partial charge in [0.15, 0.2) is 10.5 Å². The molecule has 0 aromatic rings. The van der Waals surface area contributed by atoms with Crippen LogP contribution in [0, 0.1) is 5.92 Å². The van der Waals surface area contributed by atoms with Gasteiger partial charge in [-0.3, -0.25) is 14.4 Å². The predicted octanol–water partition coefficient (Wildman–Crippen LogP) is 0.240. The summed E-state index contributed by atoms with van der Waals surface area (Å²) in [4.78, 5) is 33.0. The van der Waals surface area contributed by atoms with Gasteiger partial charge in [-0.05, 0) is 5.92 Å². The van der Waals surface area contributed by atoms with E-state index in [1.807, 2.05) is 13.8 Å². The average Bonchev–Trinajstić information content (AvgIpc) is 1.99. The number of carbonyl (C=O) groups excluding carboxylic acids is 3. The van der Waals surface area contributed by atoms with E-state index in [2.05, 4.69) is 5.32 Å². The fourth-order valence-electron chi connectivity index (χ4n) is 0.901. The van der Waals surface area contributed by atoms with E-state index in [-0.39, 0.29) is 16.9 Å². The van der Waals surface area contributed by atoms with Crippen molar-refractivity contribution in [3.63, 3.8) is 0 Å². The van der Waals surface area contributed by atoms with Crippen LogP contribution in [-0.2, 0) is 14.4 Å². The summed E-state index contributed by atoms with van der Waals surface area (Å²) in [6.45, 7) is 5.09. The van der Waals surface area contributed by atoms with Gasteiger partial charge in [-0.1, -0.05) is 25.6 Å². The van der Waals surface area contributed by atoms with Crippen LogP contribution in [0.5, 0.6) is 0 Å². The van der Waals surface area contributed by atoms with Crippen LogP contribution in [0.4, 0.5) is 0 Å². The number of carbonyl (C=O) groups is 3. The molecule has 0 aliphatic rings. The summed E-state index contributed by atoms with van der Waals surface area (Å²) in [7, 11) is 0. The Kier molecular flexibility index (Phi) is 6.00. The third kappa shape index (κ3) is 6.96. The molecular weight excluding hydrogens is 216 g/mol. The predicted molar refractivity (Wildman–Crippen MR) is 58.9 cm³/mol. The number of thioether (sulfide) groups is 1. The second kappa shape index (κ2) is 6.44. The molecule has 0 bridgehead atoms. The molecule has 0 saturated heterocycles. The van der Waals surface area contributed by atoms with Gasteiger partial charge in [0, 0.05) is 13.3 Å². The standard InChI is InChI=1S/C9H16N2O3S/c1-5(2)4-7(13)11-9(8(10)14)15-6(3)12/h5,9H,4H2,1-3H3,(H2,10,14)(H,11,13)/t9-/m0/s1. The van der Waals surface area contributed by atoms with Crippen molar-refractivity contribution in [2.24, 2.45) is 11.7 Å². The van der Waals surface area contributed by atoms with Gasteiger partial charge in [-0.2, -0.15) is 0 Å². The summed E-state index contributed by atoms with van der Waals surface area (Å²) >= 11 is 0.718. The first-order valence-electron chi connectivity index (χ1n) is 4.58. The number of amides is 2. The van der Waals surface area contributed by atoms with Gasteiger partial charge in [0.2, 0.25) is 5.91 Å². The molecular formula is C9H16N2O3S. The normalized spacial score (nSPS) is 12.3. The summed E-state index contributed by atoms with van der Waals surface area (Å²) in [5.41, 5.74) is 5.04. The van der Waals surface area contributed by atoms with Crippen LogP contribution < -0.4 is 11.1 Å². The Morgan fingerprint density at radius 2 is 1.87 bits per heavy atom. The molecule has 0 radical (unpaired) electrons. The molecule has 15 heavy (non-hydrogen) atoms. The topological polar surface area (TPSA) is 89.3 Å². The minimum absolute atomic E-state index is 0.195. The molecule has 0 unspecified atom stereocenters. The molecule has 0 aliphatic heterocycles. The van der Waals surface area contributed by atoms with Crippen LogP contribution in [0.1, 0.15) is 27.2 Å². The Labute approximate surface area is 93.2 Å². The fourth-order valence-corrected chi connectivity index (χ4v) is 1.54. The van der Waals surface area contributed by atoms with E-state index in [0.29, 0.717) is 6.42 Å². The lowest BCUT2D eigenvalue weighted by molar-refractivity contribution is -0.126. The van der Waals surface area contributed by atoms with Crippen molar-refractivity contribution in [2.75, 3.05) is 0 Å². The van der Waals surface area contributed by atoms with Crippen molar-refractivity contribution in [3.05, 3.63) is 0 Å². The van der Waals surface area contributed by atoms with E-state index < -0.39 is 11.3 Å². The Hall–Kier alpha value is -1.04. The van der Waals surface area contributed by atoms with Crippen LogP contribution in [0.15, 0.2) is 0 Å². The zero-order valence-corrected chi connectivity index (χ0v) is 9.89. The maximum absolute atomic E-state index is 11.3. The van der Waals surface area contributed by atoms with Crippen LogP contribution in [0.3, 0.4) is 0 Å². The number of nitrogens with two attached hydrogens (primary N) is 1. The van der Waals surface area contributed by atoms with Crippen molar-refractivity contribution in [3.8, 4) is 0 Å². The number of nitrogens with one attached hydrogen (secondary N) is 1. The first kappa shape index (κ1) is 14.0. The maximum Gasteiger partial charge on any atom is 0.250 e. The van der Waals surface area contributed by atoms with Crippen molar-refractivity contribution in [1.82, 2.24) is 5.32 Å². The first-order chi connectivity index (χ1) is 6.82. The van der Waals surface area contributed by atoms with Gasteiger partial charge >= 0.3 is 0 Å². The Balaban J connectivity index is 4.22. The highest BCUT2D eigenvalue weighted by Crippen LogP contribution is 2.09. The zero-order chi connectivity index (χ0) is 12.0. The Bertz CT molecular complexity index is 266. The van der Waals surface area contributed by atoms with Gasteiger partial charge in [0.05, 0.1) is 0 Å². The van der Waals surface area contributed by atoms with Crippen molar-refractivity contribution < 1.29 is 14.4 Å². The van der Waals surface area contributed by atoms with Crippen LogP contribution in [0.2, 0.25) is 0 Å². The zero-order valence-electron chi connectivity index (χ0n) is 9.07. The number of hydrogen-bond donors (Lipinski definition) is 2. The summed E-state index contributed by atoms with van der Waals surface area (Å²) in [6.07, 6.45) is 0.308. The molecule has 0 spiro atoms. The third-order valence-electron chi connectivity index (χ3n) is 1.43. The number of primary amides is 1. The van der Waals surface area contributed by atoms with Crippen LogP contribution in [0.25, 0.3) is 0 Å². The summed E-state index contributed by atoms with van der Waals surface area (Å²) < 4.78 is 0. The largest absolute Gasteiger partial charge is 0.367 e. The third-order valence-corrected chi connectivity index (χ3v) is 2.35. The van der Waals surface area contributed by atoms with E-state index in [1.54, 1.807) is 0 Å². The summed E-state index contributed by atoms with van der Waals surface area (Å²) in [5.74, 6) is -0.796. The molecule has 0 fully saturated rings. The molecule has 0 rings (SSSR count). The van der Waals surface area contributed by atoms with Crippen LogP contribution in [-0.4, -0.2) is 22.3 Å². The summed E-state index contributed by atoms with van der Waals surface area (Å²) in [6, 6.07) is 0. The van der Waals surface area contributed by atoms with Gasteiger partial charge in [0.25, 0.3) is 5.91 Å². The molecule has 3 N–H and O–H groups in total. The molecule has 86 valence electrons. The lowest BCUT2D eigenvalue weighted by Crippen LogP contribution is -2.43. The monoisotopic (exact) mass is 232 g/mol. The van der Waals surface area contributed by atoms with Crippen molar-refractivity contribution >= 4 is 28.7 Å². The molecule has 0 aromatic carbocycles. The SMILES string of the molecule is CC(=O)S[C@H](NC(=O)CC(C)C)C(N)=O. The maximum atomic E-state index is 11.3. The highest BCUT2D eigenvalue weighted by atomic mass is 32.2. The molecule has 0 aliphatic carbocycles. The average molecular weight is 232 g/mol. The van der Waals surface area contributed by atoms with Gasteiger partial charge in [-0.25, -0.2) is 0 Å². The van der Waals surface area contributed by atoms with Gasteiger partial charge < -0.3 is 11.1 Å². The first-order valence-corrected chi connectivity index (χ1v) is 5.46. The molecule has 6 heteroatoms. The highest BCUT2D eigenvalue weighted by molar-refractivity contribution is 8.14. The second-order valence-electron chi connectivity index (χ2n) is 3.56. The fraction of sp³-hybridized carbons (Fsp3) is 0.667. The molecule has 0 heterocycles.